The summed E-state index contributed by atoms with van der Waals surface area (Å²) in [4.78, 5) is 51.0. The van der Waals surface area contributed by atoms with E-state index in [0.29, 0.717) is 0 Å². The summed E-state index contributed by atoms with van der Waals surface area (Å²) in [6.07, 6.45) is -6.20. The highest BCUT2D eigenvalue weighted by atomic mass is 16.7. The summed E-state index contributed by atoms with van der Waals surface area (Å²) >= 11 is 0. The molecule has 1 aliphatic heterocycles. The molecule has 0 spiro atoms. The quantitative estimate of drug-likeness (QED) is 0.429. The van der Waals surface area contributed by atoms with Gasteiger partial charge in [0.05, 0.1) is 21.7 Å². The first-order valence-corrected chi connectivity index (χ1v) is 12.2. The Balaban J connectivity index is 3.50. The number of nitrogens with two attached hydrogens (primary N) is 1. The molecule has 1 heterocycles. The number of esters is 4. The molecule has 1 aliphatic rings. The second-order valence-corrected chi connectivity index (χ2v) is 13.3. The zero-order valence-electron chi connectivity index (χ0n) is 23.8. The summed E-state index contributed by atoms with van der Waals surface area (Å²) in [5, 5.41) is 0. The topological polar surface area (TPSA) is 140 Å². The van der Waals surface area contributed by atoms with E-state index in [4.69, 9.17) is 29.4 Å². The van der Waals surface area contributed by atoms with Crippen molar-refractivity contribution in [2.24, 2.45) is 27.4 Å². The number of ether oxygens (including phenoxy) is 5. The van der Waals surface area contributed by atoms with Gasteiger partial charge in [-0.15, -0.1) is 0 Å². The van der Waals surface area contributed by atoms with Crippen molar-refractivity contribution in [1.82, 2.24) is 0 Å². The van der Waals surface area contributed by atoms with Crippen molar-refractivity contribution in [3.8, 4) is 0 Å². The largest absolute Gasteiger partial charge is 0.462 e. The van der Waals surface area contributed by atoms with Gasteiger partial charge in [-0.1, -0.05) is 0 Å². The third-order valence-corrected chi connectivity index (χ3v) is 5.23. The highest BCUT2D eigenvalue weighted by molar-refractivity contribution is 5.78. The normalized spacial score (nSPS) is 25.5. The Bertz CT molecular complexity index is 824. The van der Waals surface area contributed by atoms with Crippen LogP contribution in [0.2, 0.25) is 0 Å². The predicted octanol–water partition coefficient (Wildman–Crippen LogP) is 3.13. The van der Waals surface area contributed by atoms with Gasteiger partial charge in [0, 0.05) is 0 Å². The fourth-order valence-corrected chi connectivity index (χ4v) is 2.76. The van der Waals surface area contributed by atoms with E-state index in [9.17, 15) is 19.2 Å². The van der Waals surface area contributed by atoms with Gasteiger partial charge in [0.25, 0.3) is 0 Å². The van der Waals surface area contributed by atoms with Crippen LogP contribution in [0.5, 0.6) is 0 Å². The monoisotopic (exact) mass is 515 g/mol. The molecular formula is C26H45NO9. The van der Waals surface area contributed by atoms with E-state index < -0.39 is 76.2 Å². The van der Waals surface area contributed by atoms with Gasteiger partial charge in [0.1, 0.15) is 18.9 Å². The molecule has 1 rings (SSSR count). The Morgan fingerprint density at radius 1 is 0.583 bits per heavy atom. The molecule has 0 bridgehead atoms. The van der Waals surface area contributed by atoms with Crippen LogP contribution in [0.3, 0.4) is 0 Å². The number of hydrogen-bond acceptors (Lipinski definition) is 10. The molecule has 1 saturated heterocycles. The summed E-state index contributed by atoms with van der Waals surface area (Å²) < 4.78 is 28.5. The van der Waals surface area contributed by atoms with Crippen LogP contribution in [0.4, 0.5) is 0 Å². The average molecular weight is 516 g/mol. The van der Waals surface area contributed by atoms with Gasteiger partial charge >= 0.3 is 23.9 Å². The van der Waals surface area contributed by atoms with E-state index in [-0.39, 0.29) is 6.61 Å². The lowest BCUT2D eigenvalue weighted by Crippen LogP contribution is -2.65. The van der Waals surface area contributed by atoms with Gasteiger partial charge in [-0.3, -0.25) is 19.2 Å². The lowest BCUT2D eigenvalue weighted by atomic mass is 9.92. The Morgan fingerprint density at radius 3 is 1.28 bits per heavy atom. The fourth-order valence-electron chi connectivity index (χ4n) is 2.76. The zero-order valence-corrected chi connectivity index (χ0v) is 23.8. The van der Waals surface area contributed by atoms with Crippen molar-refractivity contribution in [2.45, 2.75) is 114 Å². The standard InChI is InChI=1S/C26H45NO9/c1-23(2,3)19(28)32-13-14-15(34-20(29)24(4,5)6)16(35-21(30)25(7,8)9)17(18(27)33-14)36-22(31)26(10,11)12/h14-18H,13,27H2,1-12H3/t14-,15-,16+,17+,18-/m1/s1. The minimum absolute atomic E-state index is 0.324. The first kappa shape index (κ1) is 31.8. The van der Waals surface area contributed by atoms with Crippen LogP contribution in [-0.2, 0) is 42.9 Å². The van der Waals surface area contributed by atoms with E-state index in [1.54, 1.807) is 83.1 Å². The molecule has 10 nitrogen and oxygen atoms in total. The summed E-state index contributed by atoms with van der Waals surface area (Å²) in [6, 6.07) is 0. The molecular weight excluding hydrogens is 470 g/mol. The molecule has 0 amide bonds. The van der Waals surface area contributed by atoms with Gasteiger partial charge in [-0.2, -0.15) is 0 Å². The molecule has 1 fully saturated rings. The molecule has 0 unspecified atom stereocenters. The SMILES string of the molecule is CC(C)(C)C(=O)OC[C@H]1O[C@@H](N)[C@@H](OC(=O)C(C)(C)C)[C@@H](OC(=O)C(C)(C)C)[C@@H]1OC(=O)C(C)(C)C. The number of carbonyl (C=O) groups is 4. The van der Waals surface area contributed by atoms with E-state index in [1.807, 2.05) is 0 Å². The molecule has 0 aromatic rings. The second kappa shape index (κ2) is 11.0. The molecule has 10 heteroatoms. The molecule has 0 radical (unpaired) electrons. The maximum atomic E-state index is 12.9. The predicted molar refractivity (Wildman–Crippen MR) is 131 cm³/mol. The van der Waals surface area contributed by atoms with Crippen LogP contribution in [0.1, 0.15) is 83.1 Å². The third-order valence-electron chi connectivity index (χ3n) is 5.23. The van der Waals surface area contributed by atoms with Gasteiger partial charge < -0.3 is 29.4 Å². The van der Waals surface area contributed by atoms with Crippen molar-refractivity contribution in [1.29, 1.82) is 0 Å². The minimum atomic E-state index is -1.31. The van der Waals surface area contributed by atoms with E-state index in [0.717, 1.165) is 0 Å². The lowest BCUT2D eigenvalue weighted by Gasteiger charge is -2.45. The summed E-state index contributed by atoms with van der Waals surface area (Å²) in [5.74, 6) is -2.36. The molecule has 36 heavy (non-hydrogen) atoms. The minimum Gasteiger partial charge on any atom is -0.462 e. The Kier molecular flexibility index (Phi) is 9.77. The summed E-state index contributed by atoms with van der Waals surface area (Å²) in [7, 11) is 0. The highest BCUT2D eigenvalue weighted by Crippen LogP contribution is 2.32. The molecule has 0 saturated carbocycles. The van der Waals surface area contributed by atoms with Crippen molar-refractivity contribution < 1.29 is 42.9 Å². The Hall–Kier alpha value is -2.20. The van der Waals surface area contributed by atoms with Crippen LogP contribution in [0.15, 0.2) is 0 Å². The first-order chi connectivity index (χ1) is 16.0. The van der Waals surface area contributed by atoms with Crippen LogP contribution in [0, 0.1) is 21.7 Å². The van der Waals surface area contributed by atoms with Crippen molar-refractivity contribution in [3.63, 3.8) is 0 Å². The van der Waals surface area contributed by atoms with Crippen LogP contribution in [0.25, 0.3) is 0 Å². The van der Waals surface area contributed by atoms with Gasteiger partial charge in [-0.05, 0) is 83.1 Å². The summed E-state index contributed by atoms with van der Waals surface area (Å²) in [5.41, 5.74) is 2.71. The maximum absolute atomic E-state index is 12.9. The van der Waals surface area contributed by atoms with Crippen molar-refractivity contribution >= 4 is 23.9 Å². The van der Waals surface area contributed by atoms with Crippen LogP contribution < -0.4 is 5.73 Å². The van der Waals surface area contributed by atoms with Crippen LogP contribution in [-0.4, -0.2) is 61.1 Å². The van der Waals surface area contributed by atoms with E-state index in [2.05, 4.69) is 0 Å². The molecule has 208 valence electrons. The van der Waals surface area contributed by atoms with Crippen molar-refractivity contribution in [3.05, 3.63) is 0 Å². The molecule has 5 atom stereocenters. The summed E-state index contributed by atoms with van der Waals surface area (Å²) in [6.45, 7) is 19.7. The first-order valence-electron chi connectivity index (χ1n) is 12.2. The number of hydrogen-bond donors (Lipinski definition) is 1. The van der Waals surface area contributed by atoms with E-state index in [1.165, 1.54) is 0 Å². The molecule has 0 aromatic carbocycles. The second-order valence-electron chi connectivity index (χ2n) is 13.3. The maximum Gasteiger partial charge on any atom is 0.311 e. The van der Waals surface area contributed by atoms with Gasteiger partial charge in [0.15, 0.2) is 18.3 Å². The Labute approximate surface area is 214 Å². The number of carbonyl (C=O) groups excluding carboxylic acids is 4. The smallest absolute Gasteiger partial charge is 0.311 e. The molecule has 0 aliphatic carbocycles. The zero-order chi connectivity index (χ0) is 28.4. The molecule has 2 N–H and O–H groups in total. The van der Waals surface area contributed by atoms with Crippen LogP contribution >= 0.6 is 0 Å². The van der Waals surface area contributed by atoms with Gasteiger partial charge in [0.2, 0.25) is 0 Å². The average Bonchev–Trinajstić information content (AvgIpc) is 2.67. The van der Waals surface area contributed by atoms with E-state index >= 15 is 0 Å². The van der Waals surface area contributed by atoms with Gasteiger partial charge in [-0.25, -0.2) is 0 Å². The van der Waals surface area contributed by atoms with Crippen molar-refractivity contribution in [2.75, 3.05) is 6.61 Å². The highest BCUT2D eigenvalue weighted by Gasteiger charge is 2.53. The number of rotatable bonds is 5. The fraction of sp³-hybridized carbons (Fsp3) is 0.846. The Morgan fingerprint density at radius 2 is 0.917 bits per heavy atom. The third kappa shape index (κ3) is 8.73. The molecule has 0 aromatic heterocycles. The lowest BCUT2D eigenvalue weighted by molar-refractivity contribution is -0.259.